The van der Waals surface area contributed by atoms with Crippen molar-refractivity contribution < 1.29 is 17.7 Å². The smallest absolute Gasteiger partial charge is 0.245 e. The van der Waals surface area contributed by atoms with Gasteiger partial charge in [0.05, 0.1) is 12.0 Å². The number of hydrogen-bond acceptors (Lipinski definition) is 6. The van der Waals surface area contributed by atoms with Gasteiger partial charge in [-0.25, -0.2) is 8.42 Å². The zero-order valence-corrected chi connectivity index (χ0v) is 16.5. The fourth-order valence-electron chi connectivity index (χ4n) is 3.35. The van der Waals surface area contributed by atoms with E-state index >= 15 is 0 Å². The van der Waals surface area contributed by atoms with Crippen LogP contribution in [0.4, 0.5) is 0 Å². The third-order valence-electron chi connectivity index (χ3n) is 4.91. The van der Waals surface area contributed by atoms with Crippen LogP contribution < -0.4 is 4.74 Å². The highest BCUT2D eigenvalue weighted by Gasteiger charge is 2.39. The van der Waals surface area contributed by atoms with Crippen LogP contribution in [0.15, 0.2) is 57.9 Å². The van der Waals surface area contributed by atoms with Crippen molar-refractivity contribution in [3.05, 3.63) is 60.0 Å². The molecule has 0 saturated carbocycles. The van der Waals surface area contributed by atoms with E-state index in [1.807, 2.05) is 31.2 Å². The lowest BCUT2D eigenvalue weighted by atomic mass is 10.1. The highest BCUT2D eigenvalue weighted by molar-refractivity contribution is 7.89. The number of nitrogens with zero attached hydrogens (tertiary/aromatic N) is 3. The second-order valence-corrected chi connectivity index (χ2v) is 8.66. The molecule has 2 heterocycles. The topological polar surface area (TPSA) is 85.5 Å². The molecule has 1 aromatic heterocycles. The normalized spacial score (nSPS) is 17.7. The van der Waals surface area contributed by atoms with Crippen molar-refractivity contribution in [3.8, 4) is 17.1 Å². The van der Waals surface area contributed by atoms with Crippen molar-refractivity contribution in [1.82, 2.24) is 14.4 Å². The van der Waals surface area contributed by atoms with E-state index in [0.717, 1.165) is 17.5 Å². The van der Waals surface area contributed by atoms with Gasteiger partial charge < -0.3 is 9.26 Å². The summed E-state index contributed by atoms with van der Waals surface area (Å²) in [5.41, 5.74) is 1.98. The van der Waals surface area contributed by atoms with E-state index in [2.05, 4.69) is 10.1 Å². The van der Waals surface area contributed by atoms with Gasteiger partial charge >= 0.3 is 0 Å². The third kappa shape index (κ3) is 3.41. The van der Waals surface area contributed by atoms with Crippen LogP contribution in [-0.4, -0.2) is 36.5 Å². The molecule has 7 nitrogen and oxygen atoms in total. The van der Waals surface area contributed by atoms with Crippen molar-refractivity contribution in [1.29, 1.82) is 0 Å². The van der Waals surface area contributed by atoms with Gasteiger partial charge in [0.25, 0.3) is 0 Å². The van der Waals surface area contributed by atoms with Gasteiger partial charge in [-0.15, -0.1) is 0 Å². The highest BCUT2D eigenvalue weighted by Crippen LogP contribution is 2.36. The zero-order valence-electron chi connectivity index (χ0n) is 15.7. The SMILES string of the molecule is COc1ccc(S(=O)(=O)N2CCCC2c2nc(-c3ccc(C)cc3)no2)cc1. The van der Waals surface area contributed by atoms with Crippen LogP contribution in [0.25, 0.3) is 11.4 Å². The summed E-state index contributed by atoms with van der Waals surface area (Å²) in [6.07, 6.45) is 1.38. The summed E-state index contributed by atoms with van der Waals surface area (Å²) in [7, 11) is -2.13. The minimum atomic E-state index is -3.67. The quantitative estimate of drug-likeness (QED) is 0.652. The van der Waals surface area contributed by atoms with Crippen LogP contribution in [0.2, 0.25) is 0 Å². The van der Waals surface area contributed by atoms with E-state index in [4.69, 9.17) is 9.26 Å². The van der Waals surface area contributed by atoms with E-state index in [0.29, 0.717) is 30.4 Å². The van der Waals surface area contributed by atoms with E-state index < -0.39 is 16.1 Å². The molecule has 4 rings (SSSR count). The van der Waals surface area contributed by atoms with Crippen molar-refractivity contribution in [3.63, 3.8) is 0 Å². The van der Waals surface area contributed by atoms with E-state index in [-0.39, 0.29) is 4.90 Å². The first-order chi connectivity index (χ1) is 13.5. The van der Waals surface area contributed by atoms with Gasteiger partial charge in [-0.3, -0.25) is 0 Å². The first-order valence-electron chi connectivity index (χ1n) is 9.05. The Hall–Kier alpha value is -2.71. The number of ether oxygens (including phenoxy) is 1. The van der Waals surface area contributed by atoms with Crippen LogP contribution in [0.5, 0.6) is 5.75 Å². The first kappa shape index (κ1) is 18.6. The fourth-order valence-corrected chi connectivity index (χ4v) is 5.00. The summed E-state index contributed by atoms with van der Waals surface area (Å²) < 4.78 is 38.3. The van der Waals surface area contributed by atoms with Gasteiger partial charge in [0.15, 0.2) is 0 Å². The molecule has 2 aromatic carbocycles. The van der Waals surface area contributed by atoms with E-state index in [1.165, 1.54) is 4.31 Å². The monoisotopic (exact) mass is 399 g/mol. The van der Waals surface area contributed by atoms with Gasteiger partial charge in [0, 0.05) is 12.1 Å². The molecule has 1 atom stereocenters. The van der Waals surface area contributed by atoms with E-state index in [9.17, 15) is 8.42 Å². The van der Waals surface area contributed by atoms with Gasteiger partial charge in [0.1, 0.15) is 11.8 Å². The first-order valence-corrected chi connectivity index (χ1v) is 10.5. The van der Waals surface area contributed by atoms with Crippen LogP contribution in [0.3, 0.4) is 0 Å². The summed E-state index contributed by atoms with van der Waals surface area (Å²) in [6, 6.07) is 13.7. The average molecular weight is 399 g/mol. The predicted molar refractivity (Wildman–Crippen MR) is 103 cm³/mol. The molecule has 0 aliphatic carbocycles. The number of aryl methyl sites for hydroxylation is 1. The summed E-state index contributed by atoms with van der Waals surface area (Å²) >= 11 is 0. The molecule has 146 valence electrons. The van der Waals surface area contributed by atoms with Crippen LogP contribution in [0, 0.1) is 6.92 Å². The molecule has 28 heavy (non-hydrogen) atoms. The Morgan fingerprint density at radius 1 is 1.11 bits per heavy atom. The van der Waals surface area contributed by atoms with Crippen LogP contribution >= 0.6 is 0 Å². The maximum atomic E-state index is 13.1. The molecule has 1 aliphatic heterocycles. The number of methoxy groups -OCH3 is 1. The van der Waals surface area contributed by atoms with E-state index in [1.54, 1.807) is 31.4 Å². The molecular weight excluding hydrogens is 378 g/mol. The molecule has 0 bridgehead atoms. The Morgan fingerprint density at radius 2 is 1.82 bits per heavy atom. The Morgan fingerprint density at radius 3 is 2.50 bits per heavy atom. The maximum absolute atomic E-state index is 13.1. The zero-order chi connectivity index (χ0) is 19.7. The molecule has 1 aliphatic rings. The Bertz CT molecular complexity index is 1060. The molecule has 1 unspecified atom stereocenters. The molecule has 1 saturated heterocycles. The molecule has 0 radical (unpaired) electrons. The molecule has 8 heteroatoms. The lowest BCUT2D eigenvalue weighted by Gasteiger charge is -2.21. The van der Waals surface area contributed by atoms with Crippen molar-refractivity contribution in [2.45, 2.75) is 30.7 Å². The molecule has 3 aromatic rings. The van der Waals surface area contributed by atoms with Crippen molar-refractivity contribution in [2.24, 2.45) is 0 Å². The Labute approximate surface area is 164 Å². The maximum Gasteiger partial charge on any atom is 0.245 e. The summed E-state index contributed by atoms with van der Waals surface area (Å²) in [5.74, 6) is 1.39. The minimum Gasteiger partial charge on any atom is -0.497 e. The molecular formula is C20H21N3O4S. The Balaban J connectivity index is 1.62. The minimum absolute atomic E-state index is 0.221. The molecule has 0 spiro atoms. The van der Waals surface area contributed by atoms with Crippen LogP contribution in [-0.2, 0) is 10.0 Å². The number of benzene rings is 2. The lowest BCUT2D eigenvalue weighted by Crippen LogP contribution is -2.30. The number of sulfonamides is 1. The number of hydrogen-bond donors (Lipinski definition) is 0. The standard InChI is InChI=1S/C20H21N3O4S/c1-14-5-7-15(8-6-14)19-21-20(27-22-19)18-4-3-13-23(18)28(24,25)17-11-9-16(26-2)10-12-17/h5-12,18H,3-4,13H2,1-2H3. The van der Waals surface area contributed by atoms with Crippen LogP contribution in [0.1, 0.15) is 30.3 Å². The molecule has 0 N–H and O–H groups in total. The number of aromatic nitrogens is 2. The van der Waals surface area contributed by atoms with Gasteiger partial charge in [-0.2, -0.15) is 9.29 Å². The number of rotatable bonds is 5. The Kier molecular flexibility index (Phi) is 4.91. The van der Waals surface area contributed by atoms with Gasteiger partial charge in [-0.05, 0) is 44.0 Å². The second kappa shape index (κ2) is 7.37. The fraction of sp³-hybridized carbons (Fsp3) is 0.300. The summed E-state index contributed by atoms with van der Waals surface area (Å²) in [4.78, 5) is 4.69. The molecule has 1 fully saturated rings. The average Bonchev–Trinajstić information content (AvgIpc) is 3.38. The predicted octanol–water partition coefficient (Wildman–Crippen LogP) is 3.58. The molecule has 0 amide bonds. The summed E-state index contributed by atoms with van der Waals surface area (Å²) in [6.45, 7) is 2.42. The largest absolute Gasteiger partial charge is 0.497 e. The van der Waals surface area contributed by atoms with Crippen molar-refractivity contribution in [2.75, 3.05) is 13.7 Å². The van der Waals surface area contributed by atoms with Gasteiger partial charge in [0.2, 0.25) is 21.7 Å². The third-order valence-corrected chi connectivity index (χ3v) is 6.83. The highest BCUT2D eigenvalue weighted by atomic mass is 32.2. The lowest BCUT2D eigenvalue weighted by molar-refractivity contribution is 0.290. The summed E-state index contributed by atoms with van der Waals surface area (Å²) in [5, 5.41) is 4.05. The van der Waals surface area contributed by atoms with Gasteiger partial charge in [-0.1, -0.05) is 35.0 Å². The van der Waals surface area contributed by atoms with Crippen molar-refractivity contribution >= 4 is 10.0 Å². The second-order valence-electron chi connectivity index (χ2n) is 6.77.